The Bertz CT molecular complexity index is 279. The summed E-state index contributed by atoms with van der Waals surface area (Å²) >= 11 is 0. The Morgan fingerprint density at radius 1 is 1.57 bits per heavy atom. The number of hydrogen-bond donors (Lipinski definition) is 0. The molecule has 0 saturated carbocycles. The van der Waals surface area contributed by atoms with Gasteiger partial charge in [0.1, 0.15) is 18.9 Å². The molecule has 1 heterocycles. The smallest absolute Gasteiger partial charge is 0.253 e. The summed E-state index contributed by atoms with van der Waals surface area (Å²) in [6, 6.07) is 0. The first-order valence-corrected chi connectivity index (χ1v) is 4.95. The van der Waals surface area contributed by atoms with Crippen molar-refractivity contribution in [3.05, 3.63) is 30.9 Å². The van der Waals surface area contributed by atoms with Gasteiger partial charge < -0.3 is 17.0 Å². The maximum atomic E-state index is 3.74. The molecule has 0 amide bonds. The lowest BCUT2D eigenvalue weighted by molar-refractivity contribution is -0.702. The van der Waals surface area contributed by atoms with Gasteiger partial charge in [-0.05, 0) is 6.42 Å². The van der Waals surface area contributed by atoms with Crippen LogP contribution in [0, 0.1) is 6.92 Å². The van der Waals surface area contributed by atoms with E-state index in [1.54, 1.807) is 0 Å². The largest absolute Gasteiger partial charge is 1.00 e. The fourth-order valence-corrected chi connectivity index (χ4v) is 1.44. The lowest BCUT2D eigenvalue weighted by atomic mass is 10.3. The first kappa shape index (κ1) is 13.4. The Morgan fingerprint density at radius 3 is 2.86 bits per heavy atom. The molecule has 2 nitrogen and oxygen atoms in total. The van der Waals surface area contributed by atoms with Crippen molar-refractivity contribution in [2.24, 2.45) is 0 Å². The summed E-state index contributed by atoms with van der Waals surface area (Å²) < 4.78 is 4.51. The summed E-state index contributed by atoms with van der Waals surface area (Å²) in [6.45, 7) is 10.1. The van der Waals surface area contributed by atoms with E-state index in [-0.39, 0.29) is 17.0 Å². The molecule has 0 saturated heterocycles. The fourth-order valence-electron chi connectivity index (χ4n) is 1.44. The molecule has 0 aliphatic heterocycles. The summed E-state index contributed by atoms with van der Waals surface area (Å²) in [6.07, 6.45) is 8.70. The standard InChI is InChI=1S/C11H19N2.BrH/c1-4-6-8-13-10-9-12(7-5-2)11(13)3;/h5,9-10H,2,4,6-8H2,1,3H3;1H/q+1;/p-1. The number of nitrogens with zero attached hydrogens (tertiary/aromatic N) is 2. The van der Waals surface area contributed by atoms with Crippen molar-refractivity contribution in [2.75, 3.05) is 0 Å². The number of rotatable bonds is 5. The Morgan fingerprint density at radius 2 is 2.29 bits per heavy atom. The lowest BCUT2D eigenvalue weighted by Crippen LogP contribution is -3.00. The van der Waals surface area contributed by atoms with E-state index >= 15 is 0 Å². The molecule has 3 heteroatoms. The van der Waals surface area contributed by atoms with Gasteiger partial charge in [-0.3, -0.25) is 0 Å². The van der Waals surface area contributed by atoms with Crippen LogP contribution in [0.3, 0.4) is 0 Å². The van der Waals surface area contributed by atoms with Crippen LogP contribution in [0.25, 0.3) is 0 Å². The molecule has 0 spiro atoms. The van der Waals surface area contributed by atoms with Crippen molar-refractivity contribution < 1.29 is 21.5 Å². The number of unbranched alkanes of at least 4 members (excludes halogenated alkanes) is 1. The second-order valence-corrected chi connectivity index (χ2v) is 3.33. The predicted molar refractivity (Wildman–Crippen MR) is 54.5 cm³/mol. The molecule has 0 atom stereocenters. The predicted octanol–water partition coefficient (Wildman–Crippen LogP) is -0.926. The molecule has 14 heavy (non-hydrogen) atoms. The van der Waals surface area contributed by atoms with Crippen molar-refractivity contribution >= 4 is 0 Å². The average molecular weight is 259 g/mol. The van der Waals surface area contributed by atoms with E-state index in [2.05, 4.69) is 42.0 Å². The molecule has 1 aromatic rings. The molecule has 0 aliphatic carbocycles. The Labute approximate surface area is 97.0 Å². The summed E-state index contributed by atoms with van der Waals surface area (Å²) in [4.78, 5) is 0. The van der Waals surface area contributed by atoms with Crippen LogP contribution >= 0.6 is 0 Å². The Balaban J connectivity index is 0.00000169. The molecule has 1 rings (SSSR count). The number of hydrogen-bond acceptors (Lipinski definition) is 0. The maximum absolute atomic E-state index is 3.74. The molecular weight excluding hydrogens is 240 g/mol. The highest BCUT2D eigenvalue weighted by Gasteiger charge is 2.09. The van der Waals surface area contributed by atoms with Gasteiger partial charge in [0.15, 0.2) is 0 Å². The van der Waals surface area contributed by atoms with E-state index in [0.29, 0.717) is 0 Å². The molecule has 0 radical (unpaired) electrons. The van der Waals surface area contributed by atoms with Crippen LogP contribution in [0.5, 0.6) is 0 Å². The number of halogens is 1. The van der Waals surface area contributed by atoms with Crippen molar-refractivity contribution in [3.8, 4) is 0 Å². The highest BCUT2D eigenvalue weighted by atomic mass is 79.9. The van der Waals surface area contributed by atoms with Crippen molar-refractivity contribution in [3.63, 3.8) is 0 Å². The first-order chi connectivity index (χ1) is 6.29. The van der Waals surface area contributed by atoms with Gasteiger partial charge in [0.05, 0.1) is 6.54 Å². The monoisotopic (exact) mass is 258 g/mol. The van der Waals surface area contributed by atoms with Gasteiger partial charge in [0, 0.05) is 6.92 Å². The van der Waals surface area contributed by atoms with Crippen LogP contribution in [-0.2, 0) is 13.1 Å². The van der Waals surface area contributed by atoms with Gasteiger partial charge in [-0.1, -0.05) is 26.0 Å². The van der Waals surface area contributed by atoms with Gasteiger partial charge in [-0.15, -0.1) is 0 Å². The summed E-state index contributed by atoms with van der Waals surface area (Å²) in [5.74, 6) is 1.31. The van der Waals surface area contributed by atoms with Crippen LogP contribution < -0.4 is 21.5 Å². The molecule has 0 unspecified atom stereocenters. The summed E-state index contributed by atoms with van der Waals surface area (Å²) in [5, 5.41) is 0. The zero-order chi connectivity index (χ0) is 9.68. The lowest BCUT2D eigenvalue weighted by Gasteiger charge is -1.97. The fraction of sp³-hybridized carbons (Fsp3) is 0.545. The van der Waals surface area contributed by atoms with E-state index < -0.39 is 0 Å². The zero-order valence-corrected chi connectivity index (χ0v) is 10.6. The second kappa shape index (κ2) is 6.82. The average Bonchev–Trinajstić information content (AvgIpc) is 2.46. The maximum Gasteiger partial charge on any atom is 0.253 e. The third-order valence-electron chi connectivity index (χ3n) is 2.34. The normalized spacial score (nSPS) is 9.57. The van der Waals surface area contributed by atoms with Crippen LogP contribution in [0.15, 0.2) is 25.0 Å². The van der Waals surface area contributed by atoms with E-state index in [1.807, 2.05) is 6.08 Å². The highest BCUT2D eigenvalue weighted by molar-refractivity contribution is 4.83. The Kier molecular flexibility index (Phi) is 6.54. The van der Waals surface area contributed by atoms with Crippen LogP contribution in [0.1, 0.15) is 25.6 Å². The number of imidazole rings is 1. The first-order valence-electron chi connectivity index (χ1n) is 4.95. The van der Waals surface area contributed by atoms with Crippen LogP contribution in [-0.4, -0.2) is 4.57 Å². The molecule has 0 aliphatic rings. The minimum Gasteiger partial charge on any atom is -1.00 e. The van der Waals surface area contributed by atoms with E-state index in [9.17, 15) is 0 Å². The van der Waals surface area contributed by atoms with Gasteiger partial charge in [-0.2, -0.15) is 0 Å². The van der Waals surface area contributed by atoms with Crippen LogP contribution in [0.2, 0.25) is 0 Å². The van der Waals surface area contributed by atoms with E-state index in [0.717, 1.165) is 13.1 Å². The molecule has 0 aromatic carbocycles. The number of aromatic nitrogens is 2. The second-order valence-electron chi connectivity index (χ2n) is 3.33. The zero-order valence-electron chi connectivity index (χ0n) is 9.04. The van der Waals surface area contributed by atoms with Crippen LogP contribution in [0.4, 0.5) is 0 Å². The molecular formula is C11H19BrN2. The van der Waals surface area contributed by atoms with E-state index in [1.165, 1.54) is 18.7 Å². The van der Waals surface area contributed by atoms with E-state index in [4.69, 9.17) is 0 Å². The molecule has 0 bridgehead atoms. The van der Waals surface area contributed by atoms with Gasteiger partial charge in [0.2, 0.25) is 0 Å². The minimum absolute atomic E-state index is 0. The molecule has 0 fully saturated rings. The van der Waals surface area contributed by atoms with Gasteiger partial charge in [-0.25, -0.2) is 9.13 Å². The topological polar surface area (TPSA) is 8.81 Å². The molecule has 0 N–H and O–H groups in total. The number of allylic oxidation sites excluding steroid dienone is 1. The number of aryl methyl sites for hydroxylation is 1. The quantitative estimate of drug-likeness (QED) is 0.477. The SMILES string of the molecule is C=CCn1cc[n+](CCCC)c1C.[Br-]. The third-order valence-corrected chi connectivity index (χ3v) is 2.34. The Hall–Kier alpha value is -0.570. The summed E-state index contributed by atoms with van der Waals surface area (Å²) in [7, 11) is 0. The summed E-state index contributed by atoms with van der Waals surface area (Å²) in [5.41, 5.74) is 0. The minimum atomic E-state index is 0. The molecule has 80 valence electrons. The van der Waals surface area contributed by atoms with Gasteiger partial charge in [0.25, 0.3) is 5.82 Å². The van der Waals surface area contributed by atoms with Crippen molar-refractivity contribution in [2.45, 2.75) is 39.8 Å². The highest BCUT2D eigenvalue weighted by Crippen LogP contribution is 1.95. The molecule has 1 aromatic heterocycles. The van der Waals surface area contributed by atoms with Crippen molar-refractivity contribution in [1.29, 1.82) is 0 Å². The third kappa shape index (κ3) is 3.29. The van der Waals surface area contributed by atoms with Crippen molar-refractivity contribution in [1.82, 2.24) is 4.57 Å². The van der Waals surface area contributed by atoms with Gasteiger partial charge >= 0.3 is 0 Å².